The number of halogens is 1. The van der Waals surface area contributed by atoms with Gasteiger partial charge in [0, 0.05) is 18.1 Å². The fourth-order valence-corrected chi connectivity index (χ4v) is 2.22. The van der Waals surface area contributed by atoms with Gasteiger partial charge in [0.15, 0.2) is 0 Å². The Morgan fingerprint density at radius 3 is 2.94 bits per heavy atom. The lowest BCUT2D eigenvalue weighted by atomic mass is 10.2. The van der Waals surface area contributed by atoms with Crippen molar-refractivity contribution in [3.63, 3.8) is 0 Å². The minimum atomic E-state index is -0.726. The van der Waals surface area contributed by atoms with Crippen LogP contribution in [-0.4, -0.2) is 22.8 Å². The maximum Gasteiger partial charge on any atom is 0.258 e. The number of carbonyl (C=O) groups excluding carboxylic acids is 1. The third-order valence-corrected chi connectivity index (χ3v) is 3.17. The predicted molar refractivity (Wildman–Crippen MR) is 64.3 cm³/mol. The molecular formula is C12H11FN2OS. The molecule has 2 rings (SSSR count). The van der Waals surface area contributed by atoms with Crippen molar-refractivity contribution in [2.24, 2.45) is 0 Å². The Balaban J connectivity index is 2.13. The minimum Gasteiger partial charge on any atom is -0.336 e. The standard InChI is InChI=1S/C12H11FN2OS/c1-15(8-9-4-3-7-17-9)12(16)10-5-2-6-14-11(10)13/h2-7H,8H2,1H3. The first-order chi connectivity index (χ1) is 8.18. The van der Waals surface area contributed by atoms with Crippen molar-refractivity contribution < 1.29 is 9.18 Å². The monoisotopic (exact) mass is 250 g/mol. The molecule has 0 bridgehead atoms. The Bertz CT molecular complexity index is 513. The fourth-order valence-electron chi connectivity index (χ4n) is 1.46. The highest BCUT2D eigenvalue weighted by molar-refractivity contribution is 7.09. The van der Waals surface area contributed by atoms with Crippen LogP contribution in [0.3, 0.4) is 0 Å². The first kappa shape index (κ1) is 11.7. The summed E-state index contributed by atoms with van der Waals surface area (Å²) in [5.74, 6) is -1.08. The predicted octanol–water partition coefficient (Wildman–Crippen LogP) is 2.55. The Hall–Kier alpha value is -1.75. The van der Waals surface area contributed by atoms with Gasteiger partial charge in [-0.2, -0.15) is 4.39 Å². The van der Waals surface area contributed by atoms with Gasteiger partial charge in [-0.1, -0.05) is 6.07 Å². The molecular weight excluding hydrogens is 239 g/mol. The maximum absolute atomic E-state index is 13.3. The SMILES string of the molecule is CN(Cc1cccs1)C(=O)c1cccnc1F. The molecule has 0 fully saturated rings. The largest absolute Gasteiger partial charge is 0.336 e. The average molecular weight is 250 g/mol. The molecule has 0 aliphatic carbocycles. The number of hydrogen-bond acceptors (Lipinski definition) is 3. The molecule has 0 saturated heterocycles. The zero-order valence-corrected chi connectivity index (χ0v) is 10.1. The van der Waals surface area contributed by atoms with Crippen molar-refractivity contribution in [1.29, 1.82) is 0 Å². The quantitative estimate of drug-likeness (QED) is 0.784. The van der Waals surface area contributed by atoms with E-state index >= 15 is 0 Å². The van der Waals surface area contributed by atoms with Crippen LogP contribution in [0.4, 0.5) is 4.39 Å². The minimum absolute atomic E-state index is 0.00607. The van der Waals surface area contributed by atoms with Crippen LogP contribution in [0.2, 0.25) is 0 Å². The second kappa shape index (κ2) is 5.05. The first-order valence-corrected chi connectivity index (χ1v) is 5.95. The van der Waals surface area contributed by atoms with E-state index in [9.17, 15) is 9.18 Å². The van der Waals surface area contributed by atoms with E-state index in [1.165, 1.54) is 17.2 Å². The summed E-state index contributed by atoms with van der Waals surface area (Å²) < 4.78 is 13.3. The smallest absolute Gasteiger partial charge is 0.258 e. The second-order valence-corrected chi connectivity index (χ2v) is 4.61. The number of nitrogens with zero attached hydrogens (tertiary/aromatic N) is 2. The van der Waals surface area contributed by atoms with E-state index in [4.69, 9.17) is 0 Å². The number of amides is 1. The Labute approximate surface area is 103 Å². The van der Waals surface area contributed by atoms with Gasteiger partial charge in [0.1, 0.15) is 0 Å². The van der Waals surface area contributed by atoms with Gasteiger partial charge in [0.2, 0.25) is 5.95 Å². The van der Waals surface area contributed by atoms with Crippen LogP contribution in [0.5, 0.6) is 0 Å². The highest BCUT2D eigenvalue weighted by Gasteiger charge is 2.16. The van der Waals surface area contributed by atoms with Crippen LogP contribution in [-0.2, 0) is 6.54 Å². The molecule has 2 aromatic heterocycles. The molecule has 0 spiro atoms. The summed E-state index contributed by atoms with van der Waals surface area (Å²) >= 11 is 1.56. The number of hydrogen-bond donors (Lipinski definition) is 0. The molecule has 0 radical (unpaired) electrons. The van der Waals surface area contributed by atoms with Crippen molar-refractivity contribution in [3.8, 4) is 0 Å². The number of carbonyl (C=O) groups is 1. The molecule has 0 N–H and O–H groups in total. The van der Waals surface area contributed by atoms with Gasteiger partial charge in [-0.05, 0) is 23.6 Å². The van der Waals surface area contributed by atoms with Crippen LogP contribution in [0.15, 0.2) is 35.8 Å². The van der Waals surface area contributed by atoms with Crippen LogP contribution in [0.25, 0.3) is 0 Å². The van der Waals surface area contributed by atoms with Crippen LogP contribution in [0.1, 0.15) is 15.2 Å². The van der Waals surface area contributed by atoms with Crippen molar-refractivity contribution in [2.75, 3.05) is 7.05 Å². The second-order valence-electron chi connectivity index (χ2n) is 3.58. The summed E-state index contributed by atoms with van der Waals surface area (Å²) in [6, 6.07) is 6.85. The average Bonchev–Trinajstić information content (AvgIpc) is 2.81. The van der Waals surface area contributed by atoms with Crippen molar-refractivity contribution in [1.82, 2.24) is 9.88 Å². The Morgan fingerprint density at radius 1 is 1.47 bits per heavy atom. The number of rotatable bonds is 3. The molecule has 88 valence electrons. The van der Waals surface area contributed by atoms with Gasteiger partial charge in [0.05, 0.1) is 12.1 Å². The van der Waals surface area contributed by atoms with E-state index < -0.39 is 5.95 Å². The lowest BCUT2D eigenvalue weighted by Gasteiger charge is -2.16. The van der Waals surface area contributed by atoms with Crippen molar-refractivity contribution in [2.45, 2.75) is 6.54 Å². The molecule has 5 heteroatoms. The van der Waals surface area contributed by atoms with Crippen LogP contribution >= 0.6 is 11.3 Å². The highest BCUT2D eigenvalue weighted by atomic mass is 32.1. The molecule has 0 aliphatic heterocycles. The van der Waals surface area contributed by atoms with Gasteiger partial charge < -0.3 is 4.90 Å². The summed E-state index contributed by atoms with van der Waals surface area (Å²) in [5.41, 5.74) is 0.00607. The highest BCUT2D eigenvalue weighted by Crippen LogP contribution is 2.13. The molecule has 3 nitrogen and oxygen atoms in total. The maximum atomic E-state index is 13.3. The van der Waals surface area contributed by atoms with Gasteiger partial charge in [-0.25, -0.2) is 4.98 Å². The molecule has 0 atom stereocenters. The summed E-state index contributed by atoms with van der Waals surface area (Å²) in [6.07, 6.45) is 1.32. The van der Waals surface area contributed by atoms with E-state index in [1.54, 1.807) is 24.5 Å². The van der Waals surface area contributed by atoms with Gasteiger partial charge >= 0.3 is 0 Å². The topological polar surface area (TPSA) is 33.2 Å². The summed E-state index contributed by atoms with van der Waals surface area (Å²) in [7, 11) is 1.65. The summed E-state index contributed by atoms with van der Waals surface area (Å²) in [4.78, 5) is 17.9. The lowest BCUT2D eigenvalue weighted by molar-refractivity contribution is 0.0780. The van der Waals surface area contributed by atoms with E-state index in [1.807, 2.05) is 17.5 Å². The molecule has 2 aromatic rings. The molecule has 0 aliphatic rings. The normalized spacial score (nSPS) is 10.2. The zero-order valence-electron chi connectivity index (χ0n) is 9.26. The molecule has 17 heavy (non-hydrogen) atoms. The van der Waals surface area contributed by atoms with Crippen molar-refractivity contribution in [3.05, 3.63) is 52.2 Å². The van der Waals surface area contributed by atoms with E-state index in [0.29, 0.717) is 6.54 Å². The Morgan fingerprint density at radius 2 is 2.29 bits per heavy atom. The van der Waals surface area contributed by atoms with Crippen molar-refractivity contribution >= 4 is 17.2 Å². The number of thiophene rings is 1. The summed E-state index contributed by atoms with van der Waals surface area (Å²) in [6.45, 7) is 0.477. The molecule has 1 amide bonds. The van der Waals surface area contributed by atoms with Crippen LogP contribution < -0.4 is 0 Å². The molecule has 2 heterocycles. The van der Waals surface area contributed by atoms with E-state index in [-0.39, 0.29) is 11.5 Å². The van der Waals surface area contributed by atoms with Crippen LogP contribution in [0, 0.1) is 5.95 Å². The van der Waals surface area contributed by atoms with E-state index in [0.717, 1.165) is 4.88 Å². The zero-order chi connectivity index (χ0) is 12.3. The first-order valence-electron chi connectivity index (χ1n) is 5.07. The lowest BCUT2D eigenvalue weighted by Crippen LogP contribution is -2.26. The molecule has 0 unspecified atom stereocenters. The third-order valence-electron chi connectivity index (χ3n) is 2.31. The van der Waals surface area contributed by atoms with Gasteiger partial charge in [0.25, 0.3) is 5.91 Å². The summed E-state index contributed by atoms with van der Waals surface area (Å²) in [5, 5.41) is 1.94. The number of aromatic nitrogens is 1. The molecule has 0 saturated carbocycles. The van der Waals surface area contributed by atoms with Gasteiger partial charge in [-0.15, -0.1) is 11.3 Å². The van der Waals surface area contributed by atoms with Gasteiger partial charge in [-0.3, -0.25) is 4.79 Å². The molecule has 0 aromatic carbocycles. The van der Waals surface area contributed by atoms with E-state index in [2.05, 4.69) is 4.98 Å². The number of pyridine rings is 1. The third kappa shape index (κ3) is 2.68. The Kier molecular flexibility index (Phi) is 3.49. The fraction of sp³-hybridized carbons (Fsp3) is 0.167.